The number of carbonyl (C=O) groups excluding carboxylic acids is 1. The zero-order valence-electron chi connectivity index (χ0n) is 11.9. The van der Waals surface area contributed by atoms with E-state index >= 15 is 0 Å². The standard InChI is InChI=1S/C16H17NO4/c1-17(10-11-5-3-4-6-14(11)18)16(20)13-8-7-12(21-2)9-15(13)19/h3-9,18-19H,10H2,1-2H3. The smallest absolute Gasteiger partial charge is 0.257 e. The number of aromatic hydroxyl groups is 2. The highest BCUT2D eigenvalue weighted by atomic mass is 16.5. The molecule has 0 atom stereocenters. The normalized spacial score (nSPS) is 10.2. The van der Waals surface area contributed by atoms with Crippen LogP contribution >= 0.6 is 0 Å². The molecule has 0 saturated carbocycles. The Labute approximate surface area is 123 Å². The number of carbonyl (C=O) groups is 1. The van der Waals surface area contributed by atoms with Gasteiger partial charge >= 0.3 is 0 Å². The SMILES string of the molecule is COc1ccc(C(=O)N(C)Cc2ccccc2O)c(O)c1. The number of methoxy groups -OCH3 is 1. The fraction of sp³-hybridized carbons (Fsp3) is 0.188. The predicted octanol–water partition coefficient (Wildman–Crippen LogP) is 2.38. The summed E-state index contributed by atoms with van der Waals surface area (Å²) in [4.78, 5) is 13.8. The second-order valence-corrected chi connectivity index (χ2v) is 4.67. The summed E-state index contributed by atoms with van der Waals surface area (Å²) in [5.41, 5.74) is 0.829. The molecule has 110 valence electrons. The average Bonchev–Trinajstić information content (AvgIpc) is 2.48. The quantitative estimate of drug-likeness (QED) is 0.905. The highest BCUT2D eigenvalue weighted by molar-refractivity contribution is 5.96. The first-order valence-corrected chi connectivity index (χ1v) is 6.42. The van der Waals surface area contributed by atoms with Crippen molar-refractivity contribution in [3.05, 3.63) is 53.6 Å². The van der Waals surface area contributed by atoms with Crippen molar-refractivity contribution in [3.63, 3.8) is 0 Å². The second kappa shape index (κ2) is 6.17. The van der Waals surface area contributed by atoms with Crippen LogP contribution in [0.1, 0.15) is 15.9 Å². The van der Waals surface area contributed by atoms with Gasteiger partial charge in [-0.3, -0.25) is 4.79 Å². The van der Waals surface area contributed by atoms with Gasteiger partial charge in [-0.15, -0.1) is 0 Å². The van der Waals surface area contributed by atoms with Gasteiger partial charge in [0.05, 0.1) is 12.7 Å². The Morgan fingerprint density at radius 2 is 1.86 bits per heavy atom. The van der Waals surface area contributed by atoms with Gasteiger partial charge in [-0.2, -0.15) is 0 Å². The Balaban J connectivity index is 2.18. The van der Waals surface area contributed by atoms with Gasteiger partial charge in [-0.25, -0.2) is 0 Å². The Hall–Kier alpha value is -2.69. The molecular weight excluding hydrogens is 270 g/mol. The van der Waals surface area contributed by atoms with Crippen molar-refractivity contribution in [2.45, 2.75) is 6.54 Å². The number of phenolic OH excluding ortho intramolecular Hbond substituents is 2. The Morgan fingerprint density at radius 3 is 2.48 bits per heavy atom. The lowest BCUT2D eigenvalue weighted by molar-refractivity contribution is 0.0781. The zero-order valence-corrected chi connectivity index (χ0v) is 11.9. The Kier molecular flexibility index (Phi) is 4.33. The van der Waals surface area contributed by atoms with Crippen molar-refractivity contribution in [1.82, 2.24) is 4.90 Å². The number of hydrogen-bond acceptors (Lipinski definition) is 4. The van der Waals surface area contributed by atoms with Crippen molar-refractivity contribution in [2.75, 3.05) is 14.2 Å². The number of phenols is 2. The first kappa shape index (κ1) is 14.7. The maximum Gasteiger partial charge on any atom is 0.257 e. The van der Waals surface area contributed by atoms with Crippen LogP contribution in [0, 0.1) is 0 Å². The van der Waals surface area contributed by atoms with Gasteiger partial charge in [0.15, 0.2) is 0 Å². The molecule has 0 bridgehead atoms. The molecule has 1 amide bonds. The summed E-state index contributed by atoms with van der Waals surface area (Å²) in [6.45, 7) is 0.247. The average molecular weight is 287 g/mol. The van der Waals surface area contributed by atoms with E-state index < -0.39 is 0 Å². The molecule has 5 heteroatoms. The van der Waals surface area contributed by atoms with E-state index in [1.807, 2.05) is 0 Å². The number of benzene rings is 2. The van der Waals surface area contributed by atoms with Gasteiger partial charge in [0, 0.05) is 25.2 Å². The maximum absolute atomic E-state index is 12.3. The lowest BCUT2D eigenvalue weighted by Crippen LogP contribution is -2.26. The fourth-order valence-corrected chi connectivity index (χ4v) is 2.00. The molecule has 2 aromatic rings. The molecule has 0 aromatic heterocycles. The van der Waals surface area contributed by atoms with E-state index in [0.717, 1.165) is 0 Å². The third kappa shape index (κ3) is 3.25. The van der Waals surface area contributed by atoms with E-state index in [2.05, 4.69) is 0 Å². The van der Waals surface area contributed by atoms with Gasteiger partial charge in [-0.1, -0.05) is 18.2 Å². The highest BCUT2D eigenvalue weighted by Gasteiger charge is 2.17. The van der Waals surface area contributed by atoms with E-state index in [0.29, 0.717) is 11.3 Å². The first-order valence-electron chi connectivity index (χ1n) is 6.42. The minimum absolute atomic E-state index is 0.135. The molecule has 0 fully saturated rings. The van der Waals surface area contributed by atoms with Crippen LogP contribution in [0.4, 0.5) is 0 Å². The minimum Gasteiger partial charge on any atom is -0.508 e. The summed E-state index contributed by atoms with van der Waals surface area (Å²) >= 11 is 0. The van der Waals surface area contributed by atoms with Gasteiger partial charge in [-0.05, 0) is 18.2 Å². The molecule has 2 aromatic carbocycles. The number of nitrogens with zero attached hydrogens (tertiary/aromatic N) is 1. The lowest BCUT2D eigenvalue weighted by Gasteiger charge is -2.18. The minimum atomic E-state index is -0.335. The molecule has 5 nitrogen and oxygen atoms in total. The molecule has 0 aliphatic rings. The van der Waals surface area contributed by atoms with Crippen LogP contribution in [0.2, 0.25) is 0 Å². The first-order chi connectivity index (χ1) is 10.0. The van der Waals surface area contributed by atoms with Crippen molar-refractivity contribution < 1.29 is 19.7 Å². The molecule has 2 N–H and O–H groups in total. The summed E-state index contributed by atoms with van der Waals surface area (Å²) in [7, 11) is 3.10. The summed E-state index contributed by atoms with van der Waals surface area (Å²) in [5, 5.41) is 19.6. The predicted molar refractivity (Wildman–Crippen MR) is 78.6 cm³/mol. The number of ether oxygens (including phenoxy) is 1. The van der Waals surface area contributed by atoms with Crippen molar-refractivity contribution in [1.29, 1.82) is 0 Å². The molecule has 0 aliphatic carbocycles. The highest BCUT2D eigenvalue weighted by Crippen LogP contribution is 2.25. The number of hydrogen-bond donors (Lipinski definition) is 2. The Morgan fingerprint density at radius 1 is 1.14 bits per heavy atom. The molecule has 21 heavy (non-hydrogen) atoms. The van der Waals surface area contributed by atoms with Crippen molar-refractivity contribution in [2.24, 2.45) is 0 Å². The molecule has 0 heterocycles. The van der Waals surface area contributed by atoms with Gasteiger partial charge in [0.25, 0.3) is 5.91 Å². The van der Waals surface area contributed by atoms with Crippen molar-refractivity contribution in [3.8, 4) is 17.2 Å². The fourth-order valence-electron chi connectivity index (χ4n) is 2.00. The van der Waals surface area contributed by atoms with Crippen LogP contribution in [0.3, 0.4) is 0 Å². The van der Waals surface area contributed by atoms with Crippen LogP contribution in [0.25, 0.3) is 0 Å². The molecule has 0 spiro atoms. The van der Waals surface area contributed by atoms with Crippen LogP contribution in [-0.2, 0) is 6.54 Å². The molecule has 0 saturated heterocycles. The van der Waals surface area contributed by atoms with Gasteiger partial charge in [0.2, 0.25) is 0 Å². The van der Waals surface area contributed by atoms with Crippen LogP contribution in [0.5, 0.6) is 17.2 Å². The summed E-state index contributed by atoms with van der Waals surface area (Å²) in [6, 6.07) is 11.3. The van der Waals surface area contributed by atoms with E-state index in [1.165, 1.54) is 24.1 Å². The third-order valence-electron chi connectivity index (χ3n) is 3.18. The summed E-state index contributed by atoms with van der Waals surface area (Å²) in [6.07, 6.45) is 0. The third-order valence-corrected chi connectivity index (χ3v) is 3.18. The number of amides is 1. The van der Waals surface area contributed by atoms with Gasteiger partial charge < -0.3 is 19.8 Å². The van der Waals surface area contributed by atoms with Crippen LogP contribution in [-0.4, -0.2) is 35.2 Å². The zero-order chi connectivity index (χ0) is 15.4. The number of rotatable bonds is 4. The topological polar surface area (TPSA) is 70.0 Å². The van der Waals surface area contributed by atoms with Crippen LogP contribution < -0.4 is 4.74 Å². The van der Waals surface area contributed by atoms with Crippen LogP contribution in [0.15, 0.2) is 42.5 Å². The molecule has 2 rings (SSSR count). The second-order valence-electron chi connectivity index (χ2n) is 4.67. The largest absolute Gasteiger partial charge is 0.508 e. The van der Waals surface area contributed by atoms with E-state index in [9.17, 15) is 15.0 Å². The Bertz CT molecular complexity index is 654. The molecule has 0 unspecified atom stereocenters. The monoisotopic (exact) mass is 287 g/mol. The van der Waals surface area contributed by atoms with E-state index in [4.69, 9.17) is 4.74 Å². The van der Waals surface area contributed by atoms with E-state index in [1.54, 1.807) is 37.4 Å². The molecule has 0 aliphatic heterocycles. The van der Waals surface area contributed by atoms with Gasteiger partial charge in [0.1, 0.15) is 17.2 Å². The van der Waals surface area contributed by atoms with E-state index in [-0.39, 0.29) is 29.5 Å². The summed E-state index contributed by atoms with van der Waals surface area (Å²) in [5.74, 6) is 0.144. The van der Waals surface area contributed by atoms with Crippen molar-refractivity contribution >= 4 is 5.91 Å². The number of para-hydroxylation sites is 1. The molecular formula is C16H17NO4. The summed E-state index contributed by atoms with van der Waals surface area (Å²) < 4.78 is 4.98. The maximum atomic E-state index is 12.3. The lowest BCUT2D eigenvalue weighted by atomic mass is 10.1. The molecule has 0 radical (unpaired) electrons.